The molecule has 0 amide bonds. The molecule has 0 atom stereocenters. The van der Waals surface area contributed by atoms with Crippen LogP contribution in [0.2, 0.25) is 20.1 Å². The van der Waals surface area contributed by atoms with Gasteiger partial charge in [0.05, 0.1) is 0 Å². The summed E-state index contributed by atoms with van der Waals surface area (Å²) < 4.78 is 13.8. The fourth-order valence-corrected chi connectivity index (χ4v) is 15.9. The van der Waals surface area contributed by atoms with E-state index in [9.17, 15) is 9.59 Å². The van der Waals surface area contributed by atoms with Crippen molar-refractivity contribution >= 4 is 100 Å². The molecule has 2 N–H and O–H groups in total. The Labute approximate surface area is 333 Å². The first-order valence-corrected chi connectivity index (χ1v) is 24.7. The SMILES string of the molecule is O=C(Cc1ccccc1Nc1c(Cl)cccc1Cl)[O][Sn]([CH2]c1ccccc1)([CH2]c1ccccc1)[O]C(=O)Cc1ccccc1Nc1c(Cl)cccc1Cl. The summed E-state index contributed by atoms with van der Waals surface area (Å²) >= 11 is 21.0. The summed E-state index contributed by atoms with van der Waals surface area (Å²) in [6.07, 6.45) is -0.174. The Morgan fingerprint density at radius 2 is 0.792 bits per heavy atom. The van der Waals surface area contributed by atoms with Crippen molar-refractivity contribution in [2.45, 2.75) is 21.7 Å². The van der Waals surface area contributed by atoms with E-state index in [1.807, 2.05) is 109 Å². The molecule has 0 unspecified atom stereocenters. The molecule has 0 bridgehead atoms. The zero-order valence-corrected chi connectivity index (χ0v) is 34.2. The van der Waals surface area contributed by atoms with E-state index in [1.165, 1.54) is 0 Å². The maximum atomic E-state index is 14.1. The molecule has 6 aromatic carbocycles. The predicted molar refractivity (Wildman–Crippen MR) is 218 cm³/mol. The summed E-state index contributed by atoms with van der Waals surface area (Å²) in [5, 5.41) is 8.32. The monoisotopic (exact) mass is 890 g/mol. The van der Waals surface area contributed by atoms with Crippen LogP contribution in [0, 0.1) is 0 Å². The second-order valence-electron chi connectivity index (χ2n) is 12.3. The molecule has 0 saturated carbocycles. The number of para-hydroxylation sites is 4. The van der Waals surface area contributed by atoms with Crippen LogP contribution in [0.3, 0.4) is 0 Å². The molecule has 11 heteroatoms. The molecule has 268 valence electrons. The molecule has 0 spiro atoms. The number of hydrogen-bond acceptors (Lipinski definition) is 6. The molecule has 53 heavy (non-hydrogen) atoms. The number of halogens is 4. The van der Waals surface area contributed by atoms with Gasteiger partial charge in [-0.05, 0) is 0 Å². The zero-order valence-electron chi connectivity index (χ0n) is 28.3. The van der Waals surface area contributed by atoms with Crippen LogP contribution in [0.5, 0.6) is 0 Å². The van der Waals surface area contributed by atoms with Crippen LogP contribution in [-0.4, -0.2) is 31.1 Å². The molecule has 0 aromatic heterocycles. The van der Waals surface area contributed by atoms with Gasteiger partial charge in [0.2, 0.25) is 0 Å². The van der Waals surface area contributed by atoms with E-state index < -0.39 is 31.1 Å². The maximum absolute atomic E-state index is 14.1. The Morgan fingerprint density at radius 3 is 1.17 bits per heavy atom. The quantitative estimate of drug-likeness (QED) is 0.106. The fourth-order valence-electron chi connectivity index (χ4n) is 5.94. The van der Waals surface area contributed by atoms with Crippen molar-refractivity contribution in [1.29, 1.82) is 0 Å². The van der Waals surface area contributed by atoms with Gasteiger partial charge >= 0.3 is 336 Å². The van der Waals surface area contributed by atoms with E-state index in [4.69, 9.17) is 52.6 Å². The van der Waals surface area contributed by atoms with Crippen LogP contribution >= 0.6 is 46.4 Å². The van der Waals surface area contributed by atoms with Gasteiger partial charge in [-0.2, -0.15) is 0 Å². The Balaban J connectivity index is 1.31. The van der Waals surface area contributed by atoms with E-state index in [1.54, 1.807) is 36.4 Å². The fraction of sp³-hybridized carbons (Fsp3) is 0.0952. The van der Waals surface area contributed by atoms with Gasteiger partial charge in [-0.1, -0.05) is 0 Å². The van der Waals surface area contributed by atoms with E-state index in [2.05, 4.69) is 10.6 Å². The summed E-state index contributed by atoms with van der Waals surface area (Å²) in [5.41, 5.74) is 5.49. The molecule has 6 nitrogen and oxygen atoms in total. The number of carbonyl (C=O) groups is 2. The molecular weight excluding hydrogens is 857 g/mol. The summed E-state index contributed by atoms with van der Waals surface area (Å²) in [4.78, 5) is 28.3. The van der Waals surface area contributed by atoms with Crippen molar-refractivity contribution in [3.63, 3.8) is 0 Å². The van der Waals surface area contributed by atoms with Crippen molar-refractivity contribution < 1.29 is 15.7 Å². The van der Waals surface area contributed by atoms with Gasteiger partial charge < -0.3 is 0 Å². The van der Waals surface area contributed by atoms with Crippen molar-refractivity contribution in [3.05, 3.63) is 188 Å². The van der Waals surface area contributed by atoms with E-state index in [0.29, 0.717) is 62.8 Å². The van der Waals surface area contributed by atoms with Crippen LogP contribution in [0.25, 0.3) is 0 Å². The summed E-state index contributed by atoms with van der Waals surface area (Å²) in [6.45, 7) is 0. The van der Waals surface area contributed by atoms with Gasteiger partial charge in [0.25, 0.3) is 0 Å². The first-order valence-electron chi connectivity index (χ1n) is 16.8. The average Bonchev–Trinajstić information content (AvgIpc) is 3.13. The van der Waals surface area contributed by atoms with E-state index >= 15 is 0 Å². The minimum atomic E-state index is -4.80. The van der Waals surface area contributed by atoms with Gasteiger partial charge in [0.1, 0.15) is 0 Å². The topological polar surface area (TPSA) is 76.7 Å². The van der Waals surface area contributed by atoms with Crippen LogP contribution in [0.15, 0.2) is 146 Å². The normalized spacial score (nSPS) is 11.1. The summed E-state index contributed by atoms with van der Waals surface area (Å²) in [5.74, 6) is -1.01. The molecule has 0 heterocycles. The number of carbonyl (C=O) groups excluding carboxylic acids is 2. The third-order valence-electron chi connectivity index (χ3n) is 8.38. The molecule has 6 aromatic rings. The molecule has 0 aliphatic carbocycles. The standard InChI is InChI=1S/2C14H11Cl2NO2.2C7H7.Sn/c2*15-10-5-3-6-11(16)14(10)17-12-7-2-1-4-9(12)8-13(18)19;2*1-7-5-3-2-4-6-7;/h2*1-7,17H,8H2,(H,18,19);2*2-6H,1H2;/q;;;;+2/p-2. The molecule has 0 radical (unpaired) electrons. The van der Waals surface area contributed by atoms with Crippen LogP contribution < -0.4 is 10.6 Å². The number of anilines is 4. The van der Waals surface area contributed by atoms with Crippen LogP contribution in [0.4, 0.5) is 22.7 Å². The van der Waals surface area contributed by atoms with E-state index in [-0.39, 0.29) is 12.8 Å². The number of benzene rings is 6. The molecule has 0 fully saturated rings. The zero-order chi connectivity index (χ0) is 37.2. The molecule has 6 rings (SSSR count). The number of rotatable bonds is 14. The van der Waals surface area contributed by atoms with Crippen molar-refractivity contribution in [2.75, 3.05) is 10.6 Å². The number of nitrogens with one attached hydrogen (secondary N) is 2. The Bertz CT molecular complexity index is 2010. The van der Waals surface area contributed by atoms with Crippen LogP contribution in [-0.2, 0) is 37.5 Å². The first-order chi connectivity index (χ1) is 25.7. The molecular formula is C42H34Cl4N2O4Sn. The molecule has 0 saturated heterocycles. The summed E-state index contributed by atoms with van der Waals surface area (Å²) in [6, 6.07) is 44.5. The second-order valence-corrected chi connectivity index (χ2v) is 22.3. The van der Waals surface area contributed by atoms with Gasteiger partial charge in [-0.3, -0.25) is 0 Å². The third kappa shape index (κ3) is 10.5. The number of hydrogen-bond donors (Lipinski definition) is 2. The van der Waals surface area contributed by atoms with Gasteiger partial charge in [-0.25, -0.2) is 0 Å². The van der Waals surface area contributed by atoms with E-state index in [0.717, 1.165) is 11.1 Å². The Hall–Kier alpha value is -4.18. The molecule has 0 aliphatic heterocycles. The Morgan fingerprint density at radius 1 is 0.453 bits per heavy atom. The van der Waals surface area contributed by atoms with Gasteiger partial charge in [0, 0.05) is 0 Å². The van der Waals surface area contributed by atoms with Crippen LogP contribution in [0.1, 0.15) is 22.3 Å². The minimum absolute atomic E-state index is 0.0869. The second kappa shape index (κ2) is 18.2. The van der Waals surface area contributed by atoms with Crippen molar-refractivity contribution in [2.24, 2.45) is 0 Å². The first kappa shape index (κ1) is 38.5. The summed E-state index contributed by atoms with van der Waals surface area (Å²) in [7, 11) is 0. The predicted octanol–water partition coefficient (Wildman–Crippen LogP) is 11.7. The average molecular weight is 891 g/mol. The third-order valence-corrected chi connectivity index (χ3v) is 18.5. The van der Waals surface area contributed by atoms with Crippen molar-refractivity contribution in [1.82, 2.24) is 0 Å². The Kier molecular flexibility index (Phi) is 13.3. The van der Waals surface area contributed by atoms with Gasteiger partial charge in [0.15, 0.2) is 0 Å². The van der Waals surface area contributed by atoms with Crippen molar-refractivity contribution in [3.8, 4) is 0 Å². The van der Waals surface area contributed by atoms with Gasteiger partial charge in [-0.15, -0.1) is 0 Å². The molecule has 0 aliphatic rings.